The Morgan fingerprint density at radius 1 is 1.56 bits per heavy atom. The third-order valence-corrected chi connectivity index (χ3v) is 0.866. The van der Waals surface area contributed by atoms with Crippen molar-refractivity contribution >= 4 is 22.1 Å². The molecule has 0 radical (unpaired) electrons. The standard InChI is InChI=1S/C6H11BrN2/c1-6(7)4-5-8-9(2)3/h4-5H,1-3H3. The number of nitrogens with zero attached hydrogens (tertiary/aromatic N) is 2. The Kier molecular flexibility index (Phi) is 4.40. The summed E-state index contributed by atoms with van der Waals surface area (Å²) in [4.78, 5) is 0. The van der Waals surface area contributed by atoms with Crippen LogP contribution in [-0.4, -0.2) is 25.3 Å². The highest BCUT2D eigenvalue weighted by molar-refractivity contribution is 9.11. The Morgan fingerprint density at radius 2 is 2.11 bits per heavy atom. The van der Waals surface area contributed by atoms with E-state index in [9.17, 15) is 0 Å². The Hall–Kier alpha value is -0.310. The smallest absolute Gasteiger partial charge is 0.0478 e. The van der Waals surface area contributed by atoms with Gasteiger partial charge in [-0.25, -0.2) is 0 Å². The van der Waals surface area contributed by atoms with Gasteiger partial charge in [0, 0.05) is 20.3 Å². The number of hydrazone groups is 1. The molecule has 0 heterocycles. The molecule has 0 aromatic rings. The lowest BCUT2D eigenvalue weighted by Gasteiger charge is -1.99. The first-order valence-electron chi connectivity index (χ1n) is 2.66. The van der Waals surface area contributed by atoms with Crippen LogP contribution in [-0.2, 0) is 0 Å². The fourth-order valence-electron chi connectivity index (χ4n) is 0.269. The number of hydrogen-bond donors (Lipinski definition) is 0. The molecule has 0 saturated carbocycles. The van der Waals surface area contributed by atoms with Gasteiger partial charge in [-0.3, -0.25) is 0 Å². The molecule has 0 N–H and O–H groups in total. The topological polar surface area (TPSA) is 15.6 Å². The van der Waals surface area contributed by atoms with Gasteiger partial charge >= 0.3 is 0 Å². The van der Waals surface area contributed by atoms with Gasteiger partial charge in [0.2, 0.25) is 0 Å². The quantitative estimate of drug-likeness (QED) is 0.480. The molecule has 0 bridgehead atoms. The number of halogens is 1. The molecule has 3 heteroatoms. The van der Waals surface area contributed by atoms with Gasteiger partial charge in [-0.1, -0.05) is 15.9 Å². The molecule has 0 unspecified atom stereocenters. The second-order valence-electron chi connectivity index (χ2n) is 1.87. The van der Waals surface area contributed by atoms with Gasteiger partial charge in [0.15, 0.2) is 0 Å². The summed E-state index contributed by atoms with van der Waals surface area (Å²) < 4.78 is 1.08. The first-order valence-corrected chi connectivity index (χ1v) is 3.46. The van der Waals surface area contributed by atoms with Crippen LogP contribution in [0.25, 0.3) is 0 Å². The van der Waals surface area contributed by atoms with Crippen LogP contribution in [0, 0.1) is 0 Å². The van der Waals surface area contributed by atoms with Gasteiger partial charge in [0.1, 0.15) is 0 Å². The zero-order valence-electron chi connectivity index (χ0n) is 5.93. The van der Waals surface area contributed by atoms with Crippen LogP contribution in [0.5, 0.6) is 0 Å². The summed E-state index contributed by atoms with van der Waals surface area (Å²) in [5.41, 5.74) is 0. The molecule has 0 spiro atoms. The summed E-state index contributed by atoms with van der Waals surface area (Å²) in [6.45, 7) is 1.96. The average molecular weight is 191 g/mol. The van der Waals surface area contributed by atoms with Gasteiger partial charge < -0.3 is 5.01 Å². The number of allylic oxidation sites excluding steroid dienone is 2. The van der Waals surface area contributed by atoms with Gasteiger partial charge in [-0.15, -0.1) is 0 Å². The van der Waals surface area contributed by atoms with E-state index in [-0.39, 0.29) is 0 Å². The monoisotopic (exact) mass is 190 g/mol. The van der Waals surface area contributed by atoms with Crippen molar-refractivity contribution in [3.8, 4) is 0 Å². The minimum Gasteiger partial charge on any atom is -0.303 e. The largest absolute Gasteiger partial charge is 0.303 e. The molecular formula is C6H11BrN2. The van der Waals surface area contributed by atoms with Crippen molar-refractivity contribution in [2.75, 3.05) is 14.1 Å². The van der Waals surface area contributed by atoms with E-state index in [1.807, 2.05) is 27.1 Å². The maximum absolute atomic E-state index is 3.97. The normalized spacial score (nSPS) is 12.7. The molecule has 0 aliphatic carbocycles. The third-order valence-electron chi connectivity index (χ3n) is 0.602. The van der Waals surface area contributed by atoms with Gasteiger partial charge in [0.05, 0.1) is 0 Å². The Labute approximate surface area is 64.4 Å². The minimum atomic E-state index is 1.08. The van der Waals surface area contributed by atoms with Crippen molar-refractivity contribution in [1.29, 1.82) is 0 Å². The van der Waals surface area contributed by atoms with Crippen LogP contribution in [0.4, 0.5) is 0 Å². The maximum Gasteiger partial charge on any atom is 0.0478 e. The highest BCUT2D eigenvalue weighted by Gasteiger charge is 1.74. The molecule has 0 amide bonds. The van der Waals surface area contributed by atoms with Crippen LogP contribution < -0.4 is 0 Å². The fraction of sp³-hybridized carbons (Fsp3) is 0.500. The lowest BCUT2D eigenvalue weighted by atomic mass is 10.6. The molecule has 0 aliphatic rings. The Bertz CT molecular complexity index is 123. The van der Waals surface area contributed by atoms with E-state index in [4.69, 9.17) is 0 Å². The summed E-state index contributed by atoms with van der Waals surface area (Å²) in [7, 11) is 3.77. The summed E-state index contributed by atoms with van der Waals surface area (Å²) in [5, 5.41) is 5.71. The van der Waals surface area contributed by atoms with Crippen LogP contribution >= 0.6 is 15.9 Å². The molecule has 9 heavy (non-hydrogen) atoms. The van der Waals surface area contributed by atoms with Crippen molar-refractivity contribution in [2.45, 2.75) is 6.92 Å². The van der Waals surface area contributed by atoms with Crippen molar-refractivity contribution in [1.82, 2.24) is 5.01 Å². The molecule has 0 rings (SSSR count). The number of hydrogen-bond acceptors (Lipinski definition) is 2. The molecule has 0 aromatic carbocycles. The van der Waals surface area contributed by atoms with Gasteiger partial charge in [-0.2, -0.15) is 5.10 Å². The zero-order valence-corrected chi connectivity index (χ0v) is 7.51. The Morgan fingerprint density at radius 3 is 2.44 bits per heavy atom. The van der Waals surface area contributed by atoms with E-state index in [1.54, 1.807) is 11.2 Å². The van der Waals surface area contributed by atoms with Crippen molar-refractivity contribution in [3.63, 3.8) is 0 Å². The summed E-state index contributed by atoms with van der Waals surface area (Å²) in [6, 6.07) is 0. The van der Waals surface area contributed by atoms with Crippen LogP contribution in [0.2, 0.25) is 0 Å². The summed E-state index contributed by atoms with van der Waals surface area (Å²) in [6.07, 6.45) is 3.63. The van der Waals surface area contributed by atoms with Crippen LogP contribution in [0.1, 0.15) is 6.92 Å². The van der Waals surface area contributed by atoms with E-state index < -0.39 is 0 Å². The van der Waals surface area contributed by atoms with Gasteiger partial charge in [-0.05, 0) is 17.5 Å². The van der Waals surface area contributed by atoms with E-state index in [0.717, 1.165) is 4.48 Å². The second kappa shape index (κ2) is 4.56. The molecule has 0 aliphatic heterocycles. The lowest BCUT2D eigenvalue weighted by molar-refractivity contribution is 0.440. The van der Waals surface area contributed by atoms with E-state index >= 15 is 0 Å². The lowest BCUT2D eigenvalue weighted by Crippen LogP contribution is -2.00. The van der Waals surface area contributed by atoms with E-state index in [2.05, 4.69) is 21.0 Å². The highest BCUT2D eigenvalue weighted by atomic mass is 79.9. The third kappa shape index (κ3) is 7.69. The molecule has 2 nitrogen and oxygen atoms in total. The van der Waals surface area contributed by atoms with Crippen molar-refractivity contribution < 1.29 is 0 Å². The molecule has 0 saturated heterocycles. The molecule has 52 valence electrons. The first kappa shape index (κ1) is 8.69. The van der Waals surface area contributed by atoms with Crippen molar-refractivity contribution in [3.05, 3.63) is 10.6 Å². The predicted molar refractivity (Wildman–Crippen MR) is 44.9 cm³/mol. The van der Waals surface area contributed by atoms with Crippen LogP contribution in [0.3, 0.4) is 0 Å². The average Bonchev–Trinajstić information content (AvgIpc) is 1.63. The van der Waals surface area contributed by atoms with Crippen molar-refractivity contribution in [2.24, 2.45) is 5.10 Å². The van der Waals surface area contributed by atoms with E-state index in [1.165, 1.54) is 0 Å². The van der Waals surface area contributed by atoms with Gasteiger partial charge in [0.25, 0.3) is 0 Å². The maximum atomic E-state index is 3.97. The molecule has 0 atom stereocenters. The first-order chi connectivity index (χ1) is 4.13. The minimum absolute atomic E-state index is 1.08. The molecular weight excluding hydrogens is 180 g/mol. The zero-order chi connectivity index (χ0) is 7.28. The fourth-order valence-corrected chi connectivity index (χ4v) is 0.388. The second-order valence-corrected chi connectivity index (χ2v) is 3.12. The van der Waals surface area contributed by atoms with E-state index in [0.29, 0.717) is 0 Å². The summed E-state index contributed by atoms with van der Waals surface area (Å²) >= 11 is 3.28. The number of rotatable bonds is 2. The highest BCUT2D eigenvalue weighted by Crippen LogP contribution is 1.98. The Balaban J connectivity index is 3.60. The van der Waals surface area contributed by atoms with Crippen LogP contribution in [0.15, 0.2) is 15.7 Å². The molecule has 0 fully saturated rings. The SMILES string of the molecule is CC(Br)=CC=NN(C)C. The molecule has 0 aromatic heterocycles. The predicted octanol–water partition coefficient (Wildman–Crippen LogP) is 1.83. The summed E-state index contributed by atoms with van der Waals surface area (Å²) in [5.74, 6) is 0.